The maximum absolute atomic E-state index is 13.0. The van der Waals surface area contributed by atoms with Crippen molar-refractivity contribution >= 4 is 11.7 Å². The van der Waals surface area contributed by atoms with Crippen LogP contribution in [0.2, 0.25) is 0 Å². The van der Waals surface area contributed by atoms with Crippen molar-refractivity contribution in [2.24, 2.45) is 0 Å². The van der Waals surface area contributed by atoms with E-state index in [0.717, 1.165) is 36.6 Å². The molecule has 31 heavy (non-hydrogen) atoms. The van der Waals surface area contributed by atoms with E-state index in [0.29, 0.717) is 17.8 Å². The van der Waals surface area contributed by atoms with Crippen molar-refractivity contribution in [3.63, 3.8) is 0 Å². The maximum Gasteiger partial charge on any atom is 0.416 e. The summed E-state index contributed by atoms with van der Waals surface area (Å²) in [6.45, 7) is 3.96. The first-order valence-corrected chi connectivity index (χ1v) is 10.0. The number of carbonyl (C=O) groups excluding carboxylic acids is 1. The summed E-state index contributed by atoms with van der Waals surface area (Å²) in [5, 5.41) is 6.93. The zero-order chi connectivity index (χ0) is 22.0. The number of hydrogen-bond donors (Lipinski definition) is 1. The quantitative estimate of drug-likeness (QED) is 0.663. The van der Waals surface area contributed by atoms with Gasteiger partial charge in [-0.05, 0) is 49.6 Å². The summed E-state index contributed by atoms with van der Waals surface area (Å²) >= 11 is 0. The van der Waals surface area contributed by atoms with Gasteiger partial charge in [-0.2, -0.15) is 18.3 Å². The third-order valence-electron chi connectivity index (χ3n) is 5.36. The highest BCUT2D eigenvalue weighted by Gasteiger charge is 2.30. The molecule has 0 spiro atoms. The second-order valence-electron chi connectivity index (χ2n) is 7.51. The van der Waals surface area contributed by atoms with E-state index in [4.69, 9.17) is 0 Å². The Morgan fingerprint density at radius 3 is 2.58 bits per heavy atom. The van der Waals surface area contributed by atoms with Crippen LogP contribution >= 0.6 is 0 Å². The Kier molecular flexibility index (Phi) is 5.67. The van der Waals surface area contributed by atoms with E-state index in [1.807, 2.05) is 12.1 Å². The van der Waals surface area contributed by atoms with Crippen molar-refractivity contribution < 1.29 is 18.0 Å². The van der Waals surface area contributed by atoms with Crippen molar-refractivity contribution in [3.8, 4) is 5.69 Å². The van der Waals surface area contributed by atoms with Crippen LogP contribution in [0.15, 0.2) is 48.8 Å². The molecule has 162 valence electrons. The number of nitrogens with zero attached hydrogens (tertiary/aromatic N) is 4. The van der Waals surface area contributed by atoms with Crippen LogP contribution in [0.4, 0.5) is 19.0 Å². The molecule has 0 atom stereocenters. The van der Waals surface area contributed by atoms with E-state index < -0.39 is 11.7 Å². The van der Waals surface area contributed by atoms with Gasteiger partial charge in [0.1, 0.15) is 5.82 Å². The smallest absolute Gasteiger partial charge is 0.357 e. The maximum atomic E-state index is 13.0. The molecule has 1 aromatic carbocycles. The predicted octanol–water partition coefficient (Wildman–Crippen LogP) is 4.12. The number of carbonyl (C=O) groups is 1. The minimum Gasteiger partial charge on any atom is -0.357 e. The molecule has 3 aromatic rings. The molecule has 6 nitrogen and oxygen atoms in total. The van der Waals surface area contributed by atoms with E-state index in [1.165, 1.54) is 35.9 Å². The number of rotatable bonds is 5. The van der Waals surface area contributed by atoms with Gasteiger partial charge in [-0.15, -0.1) is 0 Å². The lowest BCUT2D eigenvalue weighted by molar-refractivity contribution is -0.137. The zero-order valence-electron chi connectivity index (χ0n) is 17.0. The minimum atomic E-state index is -4.45. The van der Waals surface area contributed by atoms with Gasteiger partial charge >= 0.3 is 6.18 Å². The van der Waals surface area contributed by atoms with Crippen LogP contribution in [0.3, 0.4) is 0 Å². The van der Waals surface area contributed by atoms with Crippen LogP contribution < -0.4 is 10.2 Å². The largest absolute Gasteiger partial charge is 0.416 e. The number of pyridine rings is 1. The fraction of sp³-hybridized carbons (Fsp3) is 0.318. The molecule has 1 aliphatic heterocycles. The lowest BCUT2D eigenvalue weighted by atomic mass is 10.2. The molecule has 0 saturated carbocycles. The predicted molar refractivity (Wildman–Crippen MR) is 110 cm³/mol. The molecule has 3 heterocycles. The highest BCUT2D eigenvalue weighted by Crippen LogP contribution is 2.30. The van der Waals surface area contributed by atoms with Crippen LogP contribution in [-0.4, -0.2) is 33.8 Å². The van der Waals surface area contributed by atoms with Gasteiger partial charge in [0.2, 0.25) is 0 Å². The average Bonchev–Trinajstić information content (AvgIpc) is 3.42. The Labute approximate surface area is 177 Å². The lowest BCUT2D eigenvalue weighted by Crippen LogP contribution is -2.24. The molecule has 0 aliphatic carbocycles. The Balaban J connectivity index is 1.43. The molecule has 1 N–H and O–H groups in total. The van der Waals surface area contributed by atoms with E-state index in [1.54, 1.807) is 13.1 Å². The SMILES string of the molecule is Cc1c(C(=O)NCc2ccc(N3CCCC3)nc2)cnn1-c1cccc(C(F)(F)F)c1. The summed E-state index contributed by atoms with van der Waals surface area (Å²) in [5.41, 5.74) is 1.10. The third-order valence-corrected chi connectivity index (χ3v) is 5.36. The normalized spacial score (nSPS) is 14.1. The van der Waals surface area contributed by atoms with Gasteiger partial charge in [-0.3, -0.25) is 4.79 Å². The molecule has 0 bridgehead atoms. The summed E-state index contributed by atoms with van der Waals surface area (Å²) in [6, 6.07) is 8.72. The number of hydrogen-bond acceptors (Lipinski definition) is 4. The number of nitrogens with one attached hydrogen (secondary N) is 1. The minimum absolute atomic E-state index is 0.244. The number of anilines is 1. The van der Waals surface area contributed by atoms with Crippen LogP contribution in [0, 0.1) is 6.92 Å². The Morgan fingerprint density at radius 1 is 1.13 bits per heavy atom. The zero-order valence-corrected chi connectivity index (χ0v) is 17.0. The van der Waals surface area contributed by atoms with Crippen molar-refractivity contribution in [1.29, 1.82) is 0 Å². The van der Waals surface area contributed by atoms with Crippen LogP contribution in [0.1, 0.15) is 40.0 Å². The monoisotopic (exact) mass is 429 g/mol. The number of aromatic nitrogens is 3. The van der Waals surface area contributed by atoms with Crippen LogP contribution in [0.5, 0.6) is 0 Å². The summed E-state index contributed by atoms with van der Waals surface area (Å²) in [4.78, 5) is 19.3. The second kappa shape index (κ2) is 8.41. The van der Waals surface area contributed by atoms with Crippen molar-refractivity contribution in [1.82, 2.24) is 20.1 Å². The summed E-state index contributed by atoms with van der Waals surface area (Å²) in [5.74, 6) is 0.588. The van der Waals surface area contributed by atoms with E-state index in [-0.39, 0.29) is 11.6 Å². The summed E-state index contributed by atoms with van der Waals surface area (Å²) < 4.78 is 40.3. The first-order valence-electron chi connectivity index (χ1n) is 10.0. The summed E-state index contributed by atoms with van der Waals surface area (Å²) in [7, 11) is 0. The molecule has 2 aromatic heterocycles. The number of halogens is 3. The molecule has 4 rings (SSSR count). The van der Waals surface area contributed by atoms with Gasteiger partial charge in [-0.25, -0.2) is 9.67 Å². The van der Waals surface area contributed by atoms with Gasteiger partial charge in [0.05, 0.1) is 28.7 Å². The van der Waals surface area contributed by atoms with Gasteiger partial charge in [-0.1, -0.05) is 12.1 Å². The molecule has 1 aliphatic rings. The molecule has 1 amide bonds. The van der Waals surface area contributed by atoms with Crippen molar-refractivity contribution in [3.05, 3.63) is 71.2 Å². The lowest BCUT2D eigenvalue weighted by Gasteiger charge is -2.16. The van der Waals surface area contributed by atoms with Gasteiger partial charge < -0.3 is 10.2 Å². The molecule has 0 radical (unpaired) electrons. The standard InChI is InChI=1S/C22H22F3N5O/c1-15-19(14-28-30(15)18-6-4-5-17(11-18)22(23,24)25)21(31)27-13-16-7-8-20(26-12-16)29-9-2-3-10-29/h4-8,11-12,14H,2-3,9-10,13H2,1H3,(H,27,31). The van der Waals surface area contributed by atoms with E-state index in [2.05, 4.69) is 20.3 Å². The Morgan fingerprint density at radius 2 is 1.90 bits per heavy atom. The third kappa shape index (κ3) is 4.55. The average molecular weight is 429 g/mol. The van der Waals surface area contributed by atoms with Crippen molar-refractivity contribution in [2.45, 2.75) is 32.5 Å². The molecular formula is C22H22F3N5O. The Hall–Kier alpha value is -3.36. The fourth-order valence-electron chi connectivity index (χ4n) is 3.64. The highest BCUT2D eigenvalue weighted by molar-refractivity contribution is 5.95. The van der Waals surface area contributed by atoms with E-state index >= 15 is 0 Å². The number of benzene rings is 1. The van der Waals surface area contributed by atoms with Gasteiger partial charge in [0.15, 0.2) is 0 Å². The van der Waals surface area contributed by atoms with E-state index in [9.17, 15) is 18.0 Å². The number of alkyl halides is 3. The molecule has 1 saturated heterocycles. The second-order valence-corrected chi connectivity index (χ2v) is 7.51. The molecule has 0 unspecified atom stereocenters. The topological polar surface area (TPSA) is 63.1 Å². The van der Waals surface area contributed by atoms with Crippen LogP contribution in [0.25, 0.3) is 5.69 Å². The fourth-order valence-corrected chi connectivity index (χ4v) is 3.64. The van der Waals surface area contributed by atoms with Crippen LogP contribution in [-0.2, 0) is 12.7 Å². The summed E-state index contributed by atoms with van der Waals surface area (Å²) in [6.07, 6.45) is 1.00. The molecule has 9 heteroatoms. The first kappa shape index (κ1) is 20.9. The van der Waals surface area contributed by atoms with Gasteiger partial charge in [0.25, 0.3) is 5.91 Å². The van der Waals surface area contributed by atoms with Crippen molar-refractivity contribution in [2.75, 3.05) is 18.0 Å². The molecular weight excluding hydrogens is 407 g/mol. The Bertz CT molecular complexity index is 1070. The highest BCUT2D eigenvalue weighted by atomic mass is 19.4. The number of amides is 1. The first-order chi connectivity index (χ1) is 14.8. The molecule has 1 fully saturated rings. The van der Waals surface area contributed by atoms with Gasteiger partial charge in [0, 0.05) is 25.8 Å².